The molecule has 0 saturated carbocycles. The number of rotatable bonds is 5. The van der Waals surface area contributed by atoms with Crippen LogP contribution in [0.3, 0.4) is 0 Å². The molecule has 0 spiro atoms. The summed E-state index contributed by atoms with van der Waals surface area (Å²) in [6.07, 6.45) is 1.90. The van der Waals surface area contributed by atoms with Crippen LogP contribution in [0.2, 0.25) is 0 Å². The second-order valence-electron chi connectivity index (χ2n) is 7.62. The van der Waals surface area contributed by atoms with E-state index < -0.39 is 0 Å². The van der Waals surface area contributed by atoms with Crippen molar-refractivity contribution in [2.75, 3.05) is 0 Å². The van der Waals surface area contributed by atoms with Gasteiger partial charge < -0.3 is 10.1 Å². The van der Waals surface area contributed by atoms with E-state index in [2.05, 4.69) is 67.7 Å². The molecule has 1 heterocycles. The van der Waals surface area contributed by atoms with Crippen LogP contribution in [0.25, 0.3) is 0 Å². The number of ether oxygens (including phenoxy) is 1. The highest BCUT2D eigenvalue weighted by molar-refractivity contribution is 5.73. The molecule has 3 atom stereocenters. The second-order valence-corrected chi connectivity index (χ2v) is 7.62. The summed E-state index contributed by atoms with van der Waals surface area (Å²) in [5.74, 6) is 0.616. The quantitative estimate of drug-likeness (QED) is 0.860. The molecule has 2 aromatic carbocycles. The van der Waals surface area contributed by atoms with Crippen molar-refractivity contribution in [1.82, 2.24) is 5.32 Å². The van der Waals surface area contributed by atoms with E-state index in [-0.39, 0.29) is 30.1 Å². The average Bonchev–Trinajstić information content (AvgIpc) is 2.63. The Morgan fingerprint density at radius 1 is 0.923 bits per heavy atom. The lowest BCUT2D eigenvalue weighted by Crippen LogP contribution is -2.48. The Morgan fingerprint density at radius 2 is 1.42 bits per heavy atom. The molecule has 1 aliphatic heterocycles. The lowest BCUT2D eigenvalue weighted by molar-refractivity contribution is -0.123. The molecule has 0 aromatic heterocycles. The van der Waals surface area contributed by atoms with Gasteiger partial charge >= 0.3 is 0 Å². The molecule has 0 radical (unpaired) electrons. The summed E-state index contributed by atoms with van der Waals surface area (Å²) in [7, 11) is 0. The third-order valence-electron chi connectivity index (χ3n) is 5.22. The van der Waals surface area contributed by atoms with E-state index in [9.17, 15) is 4.79 Å². The molecule has 1 saturated heterocycles. The Kier molecular flexibility index (Phi) is 6.10. The number of carbonyl (C=O) groups is 1. The predicted molar refractivity (Wildman–Crippen MR) is 105 cm³/mol. The topological polar surface area (TPSA) is 38.3 Å². The van der Waals surface area contributed by atoms with Gasteiger partial charge in [-0.3, -0.25) is 4.79 Å². The van der Waals surface area contributed by atoms with E-state index in [4.69, 9.17) is 4.74 Å². The van der Waals surface area contributed by atoms with E-state index in [1.807, 2.05) is 12.1 Å². The fourth-order valence-electron chi connectivity index (χ4n) is 3.98. The number of amides is 1. The maximum absolute atomic E-state index is 11.7. The maximum Gasteiger partial charge on any atom is 0.217 e. The summed E-state index contributed by atoms with van der Waals surface area (Å²) < 4.78 is 6.58. The molecule has 138 valence electrons. The first-order valence-electron chi connectivity index (χ1n) is 9.57. The summed E-state index contributed by atoms with van der Waals surface area (Å²) in [4.78, 5) is 11.7. The molecule has 2 aromatic rings. The fourth-order valence-corrected chi connectivity index (χ4v) is 3.98. The minimum absolute atomic E-state index is 0.0362. The lowest BCUT2D eigenvalue weighted by atomic mass is 9.80. The molecule has 0 aliphatic carbocycles. The van der Waals surface area contributed by atoms with Crippen LogP contribution in [0.15, 0.2) is 60.7 Å². The molecule has 3 heteroatoms. The van der Waals surface area contributed by atoms with Crippen LogP contribution in [0, 0.1) is 5.92 Å². The predicted octanol–water partition coefficient (Wildman–Crippen LogP) is 4.53. The zero-order valence-corrected chi connectivity index (χ0v) is 15.9. The molecule has 1 amide bonds. The number of hydrogen-bond acceptors (Lipinski definition) is 2. The minimum atomic E-state index is 0.0362. The largest absolute Gasteiger partial charge is 0.374 e. The summed E-state index contributed by atoms with van der Waals surface area (Å²) >= 11 is 0. The molecule has 3 nitrogen and oxygen atoms in total. The van der Waals surface area contributed by atoms with Crippen LogP contribution in [0.5, 0.6) is 0 Å². The highest BCUT2D eigenvalue weighted by atomic mass is 16.5. The molecule has 26 heavy (non-hydrogen) atoms. The number of nitrogens with one attached hydrogen (secondary N) is 1. The SMILES string of the molecule is CC(=O)N[C@H]1C[C@@H](C(c2ccccc2)c2ccccc2)O[C@@H](C(C)C)C1. The highest BCUT2D eigenvalue weighted by Gasteiger charge is 2.37. The first-order chi connectivity index (χ1) is 12.5. The third-order valence-corrected chi connectivity index (χ3v) is 5.22. The van der Waals surface area contributed by atoms with Gasteiger partial charge in [-0.1, -0.05) is 74.5 Å². The zero-order chi connectivity index (χ0) is 18.5. The van der Waals surface area contributed by atoms with Crippen LogP contribution in [-0.4, -0.2) is 24.2 Å². The molecule has 0 bridgehead atoms. The number of carbonyl (C=O) groups excluding carboxylic acids is 1. The summed E-state index contributed by atoms with van der Waals surface area (Å²) in [6.45, 7) is 5.98. The summed E-state index contributed by atoms with van der Waals surface area (Å²) in [5.41, 5.74) is 2.52. The van der Waals surface area contributed by atoms with Gasteiger partial charge in [-0.2, -0.15) is 0 Å². The van der Waals surface area contributed by atoms with Crippen molar-refractivity contribution in [3.63, 3.8) is 0 Å². The maximum atomic E-state index is 11.7. The van der Waals surface area contributed by atoms with Gasteiger partial charge in [0.1, 0.15) is 0 Å². The Labute approximate surface area is 156 Å². The van der Waals surface area contributed by atoms with Crippen LogP contribution in [-0.2, 0) is 9.53 Å². The van der Waals surface area contributed by atoms with Crippen LogP contribution in [0.4, 0.5) is 0 Å². The Bertz CT molecular complexity index is 659. The van der Waals surface area contributed by atoms with E-state index in [0.29, 0.717) is 5.92 Å². The van der Waals surface area contributed by atoms with Crippen LogP contribution < -0.4 is 5.32 Å². The number of benzene rings is 2. The summed E-state index contributed by atoms with van der Waals surface area (Å²) in [6, 6.07) is 21.3. The first kappa shape index (κ1) is 18.7. The molecule has 1 N–H and O–H groups in total. The van der Waals surface area contributed by atoms with Crippen molar-refractivity contribution in [3.05, 3.63) is 71.8 Å². The van der Waals surface area contributed by atoms with Crippen molar-refractivity contribution in [3.8, 4) is 0 Å². The first-order valence-corrected chi connectivity index (χ1v) is 9.57. The fraction of sp³-hybridized carbons (Fsp3) is 0.435. The van der Waals surface area contributed by atoms with E-state index in [1.165, 1.54) is 11.1 Å². The van der Waals surface area contributed by atoms with Crippen molar-refractivity contribution >= 4 is 5.91 Å². The highest BCUT2D eigenvalue weighted by Crippen LogP contribution is 2.37. The Hall–Kier alpha value is -2.13. The van der Waals surface area contributed by atoms with Gasteiger partial charge in [-0.25, -0.2) is 0 Å². The molecule has 1 fully saturated rings. The average molecular weight is 351 g/mol. The van der Waals surface area contributed by atoms with E-state index in [1.54, 1.807) is 6.92 Å². The normalized spacial score (nSPS) is 23.2. The minimum Gasteiger partial charge on any atom is -0.374 e. The number of hydrogen-bond donors (Lipinski definition) is 1. The van der Waals surface area contributed by atoms with Crippen LogP contribution in [0.1, 0.15) is 50.7 Å². The van der Waals surface area contributed by atoms with Gasteiger partial charge in [-0.15, -0.1) is 0 Å². The van der Waals surface area contributed by atoms with Gasteiger partial charge in [0, 0.05) is 18.9 Å². The van der Waals surface area contributed by atoms with Crippen LogP contribution >= 0.6 is 0 Å². The standard InChI is InChI=1S/C23H29NO2/c1-16(2)21-14-20(24-17(3)25)15-22(26-21)23(18-10-6-4-7-11-18)19-12-8-5-9-13-19/h4-13,16,20-23H,14-15H2,1-3H3,(H,24,25)/t20-,21-,22+/m1/s1. The molecule has 0 unspecified atom stereocenters. The molecule has 1 aliphatic rings. The van der Waals surface area contributed by atoms with Crippen molar-refractivity contribution < 1.29 is 9.53 Å². The monoisotopic (exact) mass is 351 g/mol. The lowest BCUT2D eigenvalue weighted by Gasteiger charge is -2.41. The van der Waals surface area contributed by atoms with Gasteiger partial charge in [0.15, 0.2) is 0 Å². The smallest absolute Gasteiger partial charge is 0.217 e. The van der Waals surface area contributed by atoms with E-state index in [0.717, 1.165) is 12.8 Å². The Balaban J connectivity index is 1.94. The van der Waals surface area contributed by atoms with Gasteiger partial charge in [0.05, 0.1) is 12.2 Å². The zero-order valence-electron chi connectivity index (χ0n) is 15.9. The van der Waals surface area contributed by atoms with Gasteiger partial charge in [-0.05, 0) is 29.9 Å². The van der Waals surface area contributed by atoms with Crippen molar-refractivity contribution in [2.24, 2.45) is 5.92 Å². The molecule has 3 rings (SSSR count). The molecular formula is C23H29NO2. The van der Waals surface area contributed by atoms with E-state index >= 15 is 0 Å². The van der Waals surface area contributed by atoms with Crippen molar-refractivity contribution in [2.45, 2.75) is 57.8 Å². The van der Waals surface area contributed by atoms with Crippen molar-refractivity contribution in [1.29, 1.82) is 0 Å². The van der Waals surface area contributed by atoms with Gasteiger partial charge in [0.25, 0.3) is 0 Å². The van der Waals surface area contributed by atoms with Gasteiger partial charge in [0.2, 0.25) is 5.91 Å². The molecular weight excluding hydrogens is 322 g/mol. The third kappa shape index (κ3) is 4.53. The second kappa shape index (κ2) is 8.50. The summed E-state index contributed by atoms with van der Waals surface area (Å²) in [5, 5.41) is 3.14. The Morgan fingerprint density at radius 3 is 1.88 bits per heavy atom.